The molecule has 1 aromatic heterocycles. The van der Waals surface area contributed by atoms with E-state index in [2.05, 4.69) is 15.5 Å². The number of rotatable bonds is 7. The molecule has 0 aliphatic heterocycles. The molecule has 0 atom stereocenters. The average Bonchev–Trinajstić information content (AvgIpc) is 3.27. The van der Waals surface area contributed by atoms with Crippen molar-refractivity contribution in [2.45, 2.75) is 19.8 Å². The molecule has 1 fully saturated rings. The van der Waals surface area contributed by atoms with E-state index in [9.17, 15) is 0 Å². The second-order valence-corrected chi connectivity index (χ2v) is 6.19. The maximum Gasteiger partial charge on any atom is 0.203 e. The van der Waals surface area contributed by atoms with Crippen LogP contribution in [0.1, 0.15) is 24.1 Å². The van der Waals surface area contributed by atoms with Gasteiger partial charge < -0.3 is 9.47 Å². The van der Waals surface area contributed by atoms with E-state index in [1.807, 2.05) is 30.5 Å². The van der Waals surface area contributed by atoms with Crippen LogP contribution in [0.15, 0.2) is 28.7 Å². The number of methoxy groups -OCH3 is 1. The van der Waals surface area contributed by atoms with Crippen molar-refractivity contribution in [1.82, 2.24) is 4.98 Å². The topological polar surface area (TPSA) is 55.7 Å². The molecule has 1 N–H and O–H groups in total. The first-order chi connectivity index (χ1) is 10.7. The summed E-state index contributed by atoms with van der Waals surface area (Å²) in [5, 5.41) is 6.97. The normalized spacial score (nSPS) is 14.3. The highest BCUT2D eigenvalue weighted by Crippen LogP contribution is 2.33. The number of hydrogen-bond acceptors (Lipinski definition) is 6. The third kappa shape index (κ3) is 3.98. The van der Waals surface area contributed by atoms with Gasteiger partial charge in [0.25, 0.3) is 0 Å². The Labute approximate surface area is 134 Å². The summed E-state index contributed by atoms with van der Waals surface area (Å²) in [4.78, 5) is 4.29. The molecular weight excluding hydrogens is 298 g/mol. The number of anilines is 1. The Kier molecular flexibility index (Phi) is 4.58. The zero-order valence-electron chi connectivity index (χ0n) is 12.7. The minimum Gasteiger partial charge on any atom is -0.493 e. The summed E-state index contributed by atoms with van der Waals surface area (Å²) in [6.07, 6.45) is 4.28. The first-order valence-electron chi connectivity index (χ1n) is 7.26. The van der Waals surface area contributed by atoms with Crippen LogP contribution in [0.3, 0.4) is 0 Å². The van der Waals surface area contributed by atoms with Gasteiger partial charge in [-0.2, -0.15) is 5.10 Å². The largest absolute Gasteiger partial charge is 0.493 e. The van der Waals surface area contributed by atoms with Crippen LogP contribution < -0.4 is 14.9 Å². The highest BCUT2D eigenvalue weighted by molar-refractivity contribution is 7.13. The van der Waals surface area contributed by atoms with Gasteiger partial charge in [-0.15, -0.1) is 11.3 Å². The first-order valence-corrected chi connectivity index (χ1v) is 8.14. The van der Waals surface area contributed by atoms with Gasteiger partial charge in [-0.3, -0.25) is 5.43 Å². The number of hydrogen-bond donors (Lipinski definition) is 1. The van der Waals surface area contributed by atoms with Gasteiger partial charge in [0.15, 0.2) is 11.5 Å². The van der Waals surface area contributed by atoms with E-state index in [-0.39, 0.29) is 0 Å². The number of aromatic nitrogens is 1. The van der Waals surface area contributed by atoms with Crippen LogP contribution in [-0.2, 0) is 0 Å². The summed E-state index contributed by atoms with van der Waals surface area (Å²) in [6, 6.07) is 5.79. The minimum absolute atomic E-state index is 0.705. The molecule has 0 bridgehead atoms. The fourth-order valence-electron chi connectivity index (χ4n) is 1.95. The Morgan fingerprint density at radius 3 is 2.95 bits per heavy atom. The van der Waals surface area contributed by atoms with Crippen molar-refractivity contribution in [2.75, 3.05) is 19.1 Å². The van der Waals surface area contributed by atoms with Crippen LogP contribution in [0, 0.1) is 12.8 Å². The van der Waals surface area contributed by atoms with Gasteiger partial charge >= 0.3 is 0 Å². The number of aryl methyl sites for hydroxylation is 1. The molecule has 0 amide bonds. The molecule has 2 aromatic rings. The number of hydrazone groups is 1. The van der Waals surface area contributed by atoms with Gasteiger partial charge in [0.2, 0.25) is 5.13 Å². The van der Waals surface area contributed by atoms with Crippen LogP contribution in [0.2, 0.25) is 0 Å². The molecule has 3 rings (SSSR count). The number of thiazole rings is 1. The lowest BCUT2D eigenvalue weighted by Gasteiger charge is -2.10. The molecule has 1 heterocycles. The van der Waals surface area contributed by atoms with Crippen molar-refractivity contribution >= 4 is 22.7 Å². The van der Waals surface area contributed by atoms with Crippen molar-refractivity contribution in [3.05, 3.63) is 34.8 Å². The fraction of sp³-hybridized carbons (Fsp3) is 0.375. The standard InChI is InChI=1S/C16H19N3O2S/c1-11-10-22-16(18-11)19-17-8-13-5-6-14(20-2)15(7-13)21-9-12-3-4-12/h5-8,10,12H,3-4,9H2,1-2H3,(H,18,19). The van der Waals surface area contributed by atoms with Crippen LogP contribution in [-0.4, -0.2) is 24.9 Å². The van der Waals surface area contributed by atoms with E-state index >= 15 is 0 Å². The van der Waals surface area contributed by atoms with Gasteiger partial charge in [0.05, 0.1) is 25.6 Å². The minimum atomic E-state index is 0.705. The van der Waals surface area contributed by atoms with Crippen LogP contribution in [0.5, 0.6) is 11.5 Å². The van der Waals surface area contributed by atoms with Crippen molar-refractivity contribution < 1.29 is 9.47 Å². The van der Waals surface area contributed by atoms with Crippen molar-refractivity contribution in [1.29, 1.82) is 0 Å². The van der Waals surface area contributed by atoms with Crippen molar-refractivity contribution in [3.8, 4) is 11.5 Å². The average molecular weight is 317 g/mol. The Hall–Kier alpha value is -2.08. The Morgan fingerprint density at radius 2 is 2.27 bits per heavy atom. The van der Waals surface area contributed by atoms with Gasteiger partial charge in [-0.05, 0) is 49.4 Å². The second kappa shape index (κ2) is 6.79. The zero-order valence-corrected chi connectivity index (χ0v) is 13.5. The summed E-state index contributed by atoms with van der Waals surface area (Å²) in [5.74, 6) is 2.22. The molecular formula is C16H19N3O2S. The lowest BCUT2D eigenvalue weighted by molar-refractivity contribution is 0.280. The monoisotopic (exact) mass is 317 g/mol. The number of nitrogens with one attached hydrogen (secondary N) is 1. The lowest BCUT2D eigenvalue weighted by Crippen LogP contribution is -2.01. The maximum absolute atomic E-state index is 5.84. The summed E-state index contributed by atoms with van der Waals surface area (Å²) >= 11 is 1.53. The number of ether oxygens (including phenoxy) is 2. The fourth-order valence-corrected chi connectivity index (χ4v) is 2.58. The van der Waals surface area contributed by atoms with Crippen molar-refractivity contribution in [2.24, 2.45) is 11.0 Å². The molecule has 0 radical (unpaired) electrons. The van der Waals surface area contributed by atoms with Crippen LogP contribution in [0.4, 0.5) is 5.13 Å². The van der Waals surface area contributed by atoms with Crippen molar-refractivity contribution in [3.63, 3.8) is 0 Å². The summed E-state index contributed by atoms with van der Waals surface area (Å²) in [5.41, 5.74) is 4.87. The third-order valence-electron chi connectivity index (χ3n) is 3.35. The summed E-state index contributed by atoms with van der Waals surface area (Å²) < 4.78 is 11.2. The summed E-state index contributed by atoms with van der Waals surface area (Å²) in [6.45, 7) is 2.71. The lowest BCUT2D eigenvalue weighted by atomic mass is 10.2. The van der Waals surface area contributed by atoms with E-state index in [1.165, 1.54) is 24.2 Å². The molecule has 1 aliphatic rings. The molecule has 6 heteroatoms. The molecule has 22 heavy (non-hydrogen) atoms. The van der Waals surface area contributed by atoms with Gasteiger partial charge in [0, 0.05) is 5.38 Å². The molecule has 1 aliphatic carbocycles. The SMILES string of the molecule is COc1ccc(C=NNc2nc(C)cs2)cc1OCC1CC1. The first kappa shape index (κ1) is 14.8. The second-order valence-electron chi connectivity index (χ2n) is 5.33. The third-order valence-corrected chi connectivity index (χ3v) is 4.22. The van der Waals surface area contributed by atoms with E-state index in [4.69, 9.17) is 9.47 Å². The molecule has 0 saturated heterocycles. The Bertz CT molecular complexity index is 665. The molecule has 0 spiro atoms. The highest BCUT2D eigenvalue weighted by atomic mass is 32.1. The molecule has 1 aromatic carbocycles. The maximum atomic E-state index is 5.84. The van der Waals surface area contributed by atoms with Gasteiger partial charge in [-0.25, -0.2) is 4.98 Å². The quantitative estimate of drug-likeness (QED) is 0.625. The Balaban J connectivity index is 1.65. The predicted octanol–water partition coefficient (Wildman–Crippen LogP) is 3.69. The number of benzene rings is 1. The molecule has 116 valence electrons. The number of nitrogens with zero attached hydrogens (tertiary/aromatic N) is 2. The highest BCUT2D eigenvalue weighted by Gasteiger charge is 2.22. The van der Waals surface area contributed by atoms with Crippen LogP contribution >= 0.6 is 11.3 Å². The summed E-state index contributed by atoms with van der Waals surface area (Å²) in [7, 11) is 1.65. The van der Waals surface area contributed by atoms with E-state index in [0.717, 1.165) is 34.5 Å². The Morgan fingerprint density at radius 1 is 1.41 bits per heavy atom. The predicted molar refractivity (Wildman–Crippen MR) is 89.3 cm³/mol. The van der Waals surface area contributed by atoms with E-state index in [0.29, 0.717) is 5.92 Å². The molecule has 5 nitrogen and oxygen atoms in total. The van der Waals surface area contributed by atoms with Gasteiger partial charge in [0.1, 0.15) is 0 Å². The smallest absolute Gasteiger partial charge is 0.203 e. The van der Waals surface area contributed by atoms with E-state index in [1.54, 1.807) is 13.3 Å². The molecule has 0 unspecified atom stereocenters. The van der Waals surface area contributed by atoms with E-state index < -0.39 is 0 Å². The van der Waals surface area contributed by atoms with Crippen LogP contribution in [0.25, 0.3) is 0 Å². The zero-order chi connectivity index (χ0) is 15.4. The molecule has 1 saturated carbocycles. The van der Waals surface area contributed by atoms with Gasteiger partial charge in [-0.1, -0.05) is 0 Å².